The highest BCUT2D eigenvalue weighted by molar-refractivity contribution is 7.14. The van der Waals surface area contributed by atoms with Crippen LogP contribution in [0.25, 0.3) is 10.9 Å². The highest BCUT2D eigenvalue weighted by Crippen LogP contribution is 2.15. The number of aromatic hydroxyl groups is 1. The number of benzene rings is 1. The molecule has 0 fully saturated rings. The lowest BCUT2D eigenvalue weighted by Crippen LogP contribution is -2.03. The molecule has 1 atom stereocenters. The van der Waals surface area contributed by atoms with Gasteiger partial charge in [0.1, 0.15) is 0 Å². The standard InChI is InChI=1S/C9H8NO2P/c11-8-5-10(13)7-4-2-1-3-6(7)9(8)12/h1-5,11H,13H2. The first-order valence-electron chi connectivity index (χ1n) is 3.78. The Labute approximate surface area is 76.9 Å². The van der Waals surface area contributed by atoms with E-state index >= 15 is 0 Å². The van der Waals surface area contributed by atoms with Gasteiger partial charge in [0.05, 0.1) is 11.7 Å². The van der Waals surface area contributed by atoms with E-state index in [0.717, 1.165) is 5.52 Å². The first-order valence-corrected chi connectivity index (χ1v) is 4.30. The van der Waals surface area contributed by atoms with Gasteiger partial charge in [-0.1, -0.05) is 12.1 Å². The van der Waals surface area contributed by atoms with Crippen molar-refractivity contribution in [2.24, 2.45) is 0 Å². The van der Waals surface area contributed by atoms with Gasteiger partial charge in [-0.3, -0.25) is 4.79 Å². The molecule has 0 aliphatic carbocycles. The van der Waals surface area contributed by atoms with Crippen LogP contribution in [0.5, 0.6) is 5.75 Å². The van der Waals surface area contributed by atoms with E-state index in [1.165, 1.54) is 6.20 Å². The third-order valence-corrected chi connectivity index (χ3v) is 2.35. The van der Waals surface area contributed by atoms with Gasteiger partial charge in [-0.25, -0.2) is 0 Å². The lowest BCUT2D eigenvalue weighted by Gasteiger charge is -2.04. The van der Waals surface area contributed by atoms with Crippen LogP contribution in [-0.4, -0.2) is 9.44 Å². The summed E-state index contributed by atoms with van der Waals surface area (Å²) in [4.78, 5) is 11.4. The fourth-order valence-corrected chi connectivity index (χ4v) is 1.66. The van der Waals surface area contributed by atoms with E-state index in [-0.39, 0.29) is 11.2 Å². The molecule has 0 bridgehead atoms. The number of para-hydroxylation sites is 1. The monoisotopic (exact) mass is 193 g/mol. The van der Waals surface area contributed by atoms with Gasteiger partial charge in [0.2, 0.25) is 5.43 Å². The molecule has 2 aromatic rings. The summed E-state index contributed by atoms with van der Waals surface area (Å²) in [6.45, 7) is 0. The van der Waals surface area contributed by atoms with Gasteiger partial charge in [0.25, 0.3) is 0 Å². The molecule has 4 heteroatoms. The largest absolute Gasteiger partial charge is 0.503 e. The zero-order valence-electron chi connectivity index (χ0n) is 6.77. The summed E-state index contributed by atoms with van der Waals surface area (Å²) in [6.07, 6.45) is 1.38. The topological polar surface area (TPSA) is 42.2 Å². The van der Waals surface area contributed by atoms with Crippen molar-refractivity contribution in [3.05, 3.63) is 40.7 Å². The Morgan fingerprint density at radius 2 is 2.00 bits per heavy atom. The summed E-state index contributed by atoms with van der Waals surface area (Å²) in [6, 6.07) is 7.13. The van der Waals surface area contributed by atoms with Crippen LogP contribution in [0.2, 0.25) is 0 Å². The highest BCUT2D eigenvalue weighted by atomic mass is 31.0. The van der Waals surface area contributed by atoms with Crippen LogP contribution in [-0.2, 0) is 0 Å². The van der Waals surface area contributed by atoms with Crippen LogP contribution in [0, 0.1) is 0 Å². The Morgan fingerprint density at radius 1 is 1.31 bits per heavy atom. The van der Waals surface area contributed by atoms with Crippen molar-refractivity contribution in [3.63, 3.8) is 0 Å². The van der Waals surface area contributed by atoms with Gasteiger partial charge in [-0.15, -0.1) is 0 Å². The predicted molar refractivity (Wildman–Crippen MR) is 55.0 cm³/mol. The van der Waals surface area contributed by atoms with Crippen LogP contribution in [0.3, 0.4) is 0 Å². The minimum Gasteiger partial charge on any atom is -0.503 e. The average Bonchev–Trinajstić information content (AvgIpc) is 2.15. The van der Waals surface area contributed by atoms with E-state index in [4.69, 9.17) is 0 Å². The normalized spacial score (nSPS) is 10.5. The number of aromatic nitrogens is 1. The Balaban J connectivity index is 3.06. The van der Waals surface area contributed by atoms with Crippen LogP contribution in [0.15, 0.2) is 35.3 Å². The maximum absolute atomic E-state index is 11.4. The Bertz CT molecular complexity index is 518. The van der Waals surface area contributed by atoms with Crippen LogP contribution in [0.4, 0.5) is 0 Å². The van der Waals surface area contributed by atoms with Crippen molar-refractivity contribution >= 4 is 20.3 Å². The van der Waals surface area contributed by atoms with Crippen molar-refractivity contribution in [1.29, 1.82) is 0 Å². The van der Waals surface area contributed by atoms with Gasteiger partial charge in [-0.2, -0.15) is 0 Å². The summed E-state index contributed by atoms with van der Waals surface area (Å²) in [5.74, 6) is -0.228. The molecule has 66 valence electrons. The van der Waals surface area contributed by atoms with Crippen LogP contribution in [0.1, 0.15) is 0 Å². The first kappa shape index (κ1) is 8.27. The molecule has 0 spiro atoms. The predicted octanol–water partition coefficient (Wildman–Crippen LogP) is 1.35. The van der Waals surface area contributed by atoms with E-state index in [2.05, 4.69) is 9.39 Å². The summed E-state index contributed by atoms with van der Waals surface area (Å²) in [5, 5.41) is 9.78. The molecule has 1 aromatic carbocycles. The Kier molecular flexibility index (Phi) is 1.82. The van der Waals surface area contributed by atoms with Crippen LogP contribution < -0.4 is 5.43 Å². The SMILES string of the molecule is O=c1c(O)cn(P)c2ccccc12. The highest BCUT2D eigenvalue weighted by Gasteiger charge is 2.03. The summed E-state index contributed by atoms with van der Waals surface area (Å²) in [7, 11) is 2.42. The van der Waals surface area contributed by atoms with Crippen molar-refractivity contribution in [2.75, 3.05) is 0 Å². The van der Waals surface area contributed by atoms with E-state index in [1.807, 2.05) is 12.1 Å². The average molecular weight is 193 g/mol. The van der Waals surface area contributed by atoms with Crippen molar-refractivity contribution in [3.8, 4) is 5.75 Å². The van der Waals surface area contributed by atoms with E-state index in [9.17, 15) is 9.90 Å². The molecule has 0 aliphatic rings. The molecule has 0 saturated heterocycles. The van der Waals surface area contributed by atoms with Gasteiger partial charge in [-0.05, 0) is 21.5 Å². The van der Waals surface area contributed by atoms with Gasteiger partial charge in [0.15, 0.2) is 5.75 Å². The van der Waals surface area contributed by atoms with Gasteiger partial charge >= 0.3 is 0 Å². The third-order valence-electron chi connectivity index (χ3n) is 1.92. The lowest BCUT2D eigenvalue weighted by molar-refractivity contribution is 0.468. The molecule has 0 aliphatic heterocycles. The van der Waals surface area contributed by atoms with E-state index in [1.54, 1.807) is 16.5 Å². The molecule has 2 rings (SSSR count). The molecular formula is C9H8NO2P. The molecule has 3 nitrogen and oxygen atoms in total. The molecule has 1 aromatic heterocycles. The van der Waals surface area contributed by atoms with Crippen molar-refractivity contribution in [2.45, 2.75) is 0 Å². The smallest absolute Gasteiger partial charge is 0.230 e. The molecule has 0 amide bonds. The first-order chi connectivity index (χ1) is 6.20. The van der Waals surface area contributed by atoms with E-state index in [0.29, 0.717) is 5.39 Å². The fourth-order valence-electron chi connectivity index (χ4n) is 1.29. The summed E-state index contributed by atoms with van der Waals surface area (Å²) in [5.41, 5.74) is 0.463. The quantitative estimate of drug-likeness (QED) is 0.641. The van der Waals surface area contributed by atoms with Crippen molar-refractivity contribution in [1.82, 2.24) is 4.34 Å². The molecular weight excluding hydrogens is 185 g/mol. The number of fused-ring (bicyclic) bond motifs is 1. The minimum atomic E-state index is -0.325. The second kappa shape index (κ2) is 2.86. The zero-order chi connectivity index (χ0) is 9.42. The van der Waals surface area contributed by atoms with E-state index < -0.39 is 0 Å². The van der Waals surface area contributed by atoms with Gasteiger partial charge < -0.3 is 9.44 Å². The number of hydrogen-bond acceptors (Lipinski definition) is 2. The molecule has 0 saturated carbocycles. The number of pyridine rings is 1. The zero-order valence-corrected chi connectivity index (χ0v) is 7.92. The molecule has 13 heavy (non-hydrogen) atoms. The van der Waals surface area contributed by atoms with Crippen LogP contribution >= 0.6 is 9.39 Å². The second-order valence-electron chi connectivity index (χ2n) is 2.77. The summed E-state index contributed by atoms with van der Waals surface area (Å²) >= 11 is 0. The second-order valence-corrected chi connectivity index (χ2v) is 3.32. The number of rotatable bonds is 0. The Hall–Kier alpha value is -1.34. The molecule has 1 heterocycles. The van der Waals surface area contributed by atoms with Gasteiger partial charge in [0, 0.05) is 5.39 Å². The third kappa shape index (κ3) is 1.21. The summed E-state index contributed by atoms with van der Waals surface area (Å²) < 4.78 is 1.64. The fraction of sp³-hybridized carbons (Fsp3) is 0. The number of nitrogens with zero attached hydrogens (tertiary/aromatic N) is 1. The molecule has 1 unspecified atom stereocenters. The molecule has 0 radical (unpaired) electrons. The maximum atomic E-state index is 11.4. The molecule has 1 N–H and O–H groups in total. The minimum absolute atomic E-state index is 0.228. The van der Waals surface area contributed by atoms with Crippen molar-refractivity contribution < 1.29 is 5.11 Å². The number of hydrogen-bond donors (Lipinski definition) is 1. The maximum Gasteiger partial charge on any atom is 0.230 e. The lowest BCUT2D eigenvalue weighted by atomic mass is 10.2. The Morgan fingerprint density at radius 3 is 2.77 bits per heavy atom.